The highest BCUT2D eigenvalue weighted by Crippen LogP contribution is 2.12. The Labute approximate surface area is 90.1 Å². The number of nitrogens with one attached hydrogen (secondary N) is 1. The Balaban J connectivity index is 2.49. The number of carbonyl (C=O) groups is 1. The first-order valence-electron chi connectivity index (χ1n) is 5.12. The standard InChI is InChI=1S/C12H17NO2/c1-9(8-12(14)15)13-10(2)11-6-4-3-5-7-11/h3-7,9-10,13H,8H2,1-2H3,(H,14,15)/t9-,10?/m1/s1. The Morgan fingerprint density at radius 3 is 2.47 bits per heavy atom. The van der Waals surface area contributed by atoms with Crippen molar-refractivity contribution in [3.05, 3.63) is 35.9 Å². The number of aliphatic carboxylic acids is 1. The zero-order chi connectivity index (χ0) is 11.3. The molecular weight excluding hydrogens is 190 g/mol. The lowest BCUT2D eigenvalue weighted by Crippen LogP contribution is -2.30. The largest absolute Gasteiger partial charge is 0.481 e. The minimum atomic E-state index is -0.768. The number of carboxylic acids is 1. The van der Waals surface area contributed by atoms with Crippen molar-refractivity contribution in [1.82, 2.24) is 5.32 Å². The fourth-order valence-electron chi connectivity index (χ4n) is 1.59. The van der Waals surface area contributed by atoms with Crippen LogP contribution in [0, 0.1) is 0 Å². The third kappa shape index (κ3) is 4.13. The van der Waals surface area contributed by atoms with Gasteiger partial charge in [0.15, 0.2) is 0 Å². The molecule has 3 nitrogen and oxygen atoms in total. The normalized spacial score (nSPS) is 14.5. The highest BCUT2D eigenvalue weighted by molar-refractivity contribution is 5.67. The van der Waals surface area contributed by atoms with Crippen LogP contribution in [-0.4, -0.2) is 17.1 Å². The van der Waals surface area contributed by atoms with Gasteiger partial charge < -0.3 is 10.4 Å². The summed E-state index contributed by atoms with van der Waals surface area (Å²) in [5, 5.41) is 11.9. The number of benzene rings is 1. The summed E-state index contributed by atoms with van der Waals surface area (Å²) in [6.45, 7) is 3.92. The molecule has 0 radical (unpaired) electrons. The van der Waals surface area contributed by atoms with Gasteiger partial charge in [0.25, 0.3) is 0 Å². The summed E-state index contributed by atoms with van der Waals surface area (Å²) in [7, 11) is 0. The van der Waals surface area contributed by atoms with Crippen LogP contribution in [-0.2, 0) is 4.79 Å². The molecule has 1 rings (SSSR count). The molecule has 0 fully saturated rings. The maximum absolute atomic E-state index is 10.5. The van der Waals surface area contributed by atoms with Crippen molar-refractivity contribution in [2.75, 3.05) is 0 Å². The molecule has 0 spiro atoms. The topological polar surface area (TPSA) is 49.3 Å². The van der Waals surface area contributed by atoms with Gasteiger partial charge in [-0.05, 0) is 19.4 Å². The summed E-state index contributed by atoms with van der Waals surface area (Å²) in [6.07, 6.45) is 0.150. The predicted molar refractivity (Wildman–Crippen MR) is 59.7 cm³/mol. The molecule has 0 saturated carbocycles. The van der Waals surface area contributed by atoms with Crippen LogP contribution in [0.5, 0.6) is 0 Å². The molecule has 2 N–H and O–H groups in total. The third-order valence-corrected chi connectivity index (χ3v) is 2.31. The van der Waals surface area contributed by atoms with E-state index in [1.165, 1.54) is 5.56 Å². The van der Waals surface area contributed by atoms with E-state index in [2.05, 4.69) is 5.32 Å². The first-order chi connectivity index (χ1) is 7.09. The zero-order valence-corrected chi connectivity index (χ0v) is 9.10. The van der Waals surface area contributed by atoms with Crippen LogP contribution in [0.3, 0.4) is 0 Å². The van der Waals surface area contributed by atoms with Gasteiger partial charge in [0.05, 0.1) is 6.42 Å². The van der Waals surface area contributed by atoms with Gasteiger partial charge in [0, 0.05) is 12.1 Å². The van der Waals surface area contributed by atoms with Crippen LogP contribution < -0.4 is 5.32 Å². The molecule has 0 aliphatic carbocycles. The molecule has 1 aromatic rings. The van der Waals surface area contributed by atoms with Crippen molar-refractivity contribution in [2.45, 2.75) is 32.4 Å². The monoisotopic (exact) mass is 207 g/mol. The van der Waals surface area contributed by atoms with Crippen molar-refractivity contribution in [3.8, 4) is 0 Å². The smallest absolute Gasteiger partial charge is 0.304 e. The summed E-state index contributed by atoms with van der Waals surface area (Å²) in [5.74, 6) is -0.768. The van der Waals surface area contributed by atoms with E-state index >= 15 is 0 Å². The van der Waals surface area contributed by atoms with Gasteiger partial charge in [-0.15, -0.1) is 0 Å². The molecule has 2 atom stereocenters. The minimum absolute atomic E-state index is 0.0160. The van der Waals surface area contributed by atoms with Crippen molar-refractivity contribution in [2.24, 2.45) is 0 Å². The first-order valence-corrected chi connectivity index (χ1v) is 5.12. The number of hydrogen-bond acceptors (Lipinski definition) is 2. The van der Waals surface area contributed by atoms with E-state index in [4.69, 9.17) is 5.11 Å². The lowest BCUT2D eigenvalue weighted by atomic mass is 10.1. The fraction of sp³-hybridized carbons (Fsp3) is 0.417. The van der Waals surface area contributed by atoms with Gasteiger partial charge in [-0.2, -0.15) is 0 Å². The number of carboxylic acid groups (broad SMARTS) is 1. The summed E-state index contributed by atoms with van der Waals surface area (Å²) in [5.41, 5.74) is 1.18. The van der Waals surface area contributed by atoms with E-state index in [0.29, 0.717) is 0 Å². The predicted octanol–water partition coefficient (Wildman–Crippen LogP) is 2.20. The number of hydrogen-bond donors (Lipinski definition) is 2. The lowest BCUT2D eigenvalue weighted by molar-refractivity contribution is -0.137. The summed E-state index contributed by atoms with van der Waals surface area (Å²) >= 11 is 0. The van der Waals surface area contributed by atoms with E-state index in [1.54, 1.807) is 0 Å². The maximum atomic E-state index is 10.5. The van der Waals surface area contributed by atoms with Crippen LogP contribution in [0.2, 0.25) is 0 Å². The van der Waals surface area contributed by atoms with Crippen molar-refractivity contribution < 1.29 is 9.90 Å². The van der Waals surface area contributed by atoms with Crippen LogP contribution in [0.4, 0.5) is 0 Å². The molecule has 0 heterocycles. The van der Waals surface area contributed by atoms with Gasteiger partial charge in [-0.1, -0.05) is 30.3 Å². The van der Waals surface area contributed by atoms with E-state index in [-0.39, 0.29) is 18.5 Å². The average Bonchev–Trinajstić information content (AvgIpc) is 2.17. The average molecular weight is 207 g/mol. The highest BCUT2D eigenvalue weighted by Gasteiger charge is 2.11. The molecule has 1 unspecified atom stereocenters. The second-order valence-corrected chi connectivity index (χ2v) is 3.80. The molecule has 3 heteroatoms. The van der Waals surface area contributed by atoms with Crippen molar-refractivity contribution in [1.29, 1.82) is 0 Å². The van der Waals surface area contributed by atoms with Gasteiger partial charge >= 0.3 is 5.97 Å². The Bertz CT molecular complexity index is 311. The first kappa shape index (κ1) is 11.7. The van der Waals surface area contributed by atoms with Gasteiger partial charge in [0.2, 0.25) is 0 Å². The Morgan fingerprint density at radius 1 is 1.33 bits per heavy atom. The number of rotatable bonds is 5. The SMILES string of the molecule is CC(N[C@H](C)CC(=O)O)c1ccccc1. The minimum Gasteiger partial charge on any atom is -0.481 e. The maximum Gasteiger partial charge on any atom is 0.304 e. The van der Waals surface area contributed by atoms with Gasteiger partial charge in [0.1, 0.15) is 0 Å². The summed E-state index contributed by atoms with van der Waals surface area (Å²) in [6, 6.07) is 10.2. The Hall–Kier alpha value is -1.35. The van der Waals surface area contributed by atoms with Gasteiger partial charge in [-0.3, -0.25) is 4.79 Å². The molecule has 1 aromatic carbocycles. The van der Waals surface area contributed by atoms with Gasteiger partial charge in [-0.25, -0.2) is 0 Å². The lowest BCUT2D eigenvalue weighted by Gasteiger charge is -2.18. The second-order valence-electron chi connectivity index (χ2n) is 3.80. The van der Waals surface area contributed by atoms with Crippen molar-refractivity contribution in [3.63, 3.8) is 0 Å². The van der Waals surface area contributed by atoms with E-state index in [9.17, 15) is 4.79 Å². The molecule has 15 heavy (non-hydrogen) atoms. The molecule has 82 valence electrons. The van der Waals surface area contributed by atoms with Crippen LogP contribution in [0.25, 0.3) is 0 Å². The summed E-state index contributed by atoms with van der Waals surface area (Å²) in [4.78, 5) is 10.5. The molecular formula is C12H17NO2. The molecule has 0 aromatic heterocycles. The zero-order valence-electron chi connectivity index (χ0n) is 9.10. The van der Waals surface area contributed by atoms with Crippen LogP contribution in [0.1, 0.15) is 31.9 Å². The third-order valence-electron chi connectivity index (χ3n) is 2.31. The molecule has 0 bridgehead atoms. The molecule has 0 aliphatic rings. The van der Waals surface area contributed by atoms with Crippen molar-refractivity contribution >= 4 is 5.97 Å². The fourth-order valence-corrected chi connectivity index (χ4v) is 1.59. The van der Waals surface area contributed by atoms with E-state index in [0.717, 1.165) is 0 Å². The molecule has 0 amide bonds. The highest BCUT2D eigenvalue weighted by atomic mass is 16.4. The Kier molecular flexibility index (Phi) is 4.31. The van der Waals surface area contributed by atoms with E-state index < -0.39 is 5.97 Å². The molecule has 0 aliphatic heterocycles. The van der Waals surface area contributed by atoms with Crippen LogP contribution in [0.15, 0.2) is 30.3 Å². The molecule has 0 saturated heterocycles. The van der Waals surface area contributed by atoms with Crippen LogP contribution >= 0.6 is 0 Å². The summed E-state index contributed by atoms with van der Waals surface area (Å²) < 4.78 is 0. The Morgan fingerprint density at radius 2 is 1.93 bits per heavy atom. The van der Waals surface area contributed by atoms with E-state index in [1.807, 2.05) is 44.2 Å². The quantitative estimate of drug-likeness (QED) is 0.778. The second kappa shape index (κ2) is 5.51.